The van der Waals surface area contributed by atoms with Crippen LogP contribution >= 0.6 is 0 Å². The number of hydrogen-bond acceptors (Lipinski definition) is 4. The third-order valence-electron chi connectivity index (χ3n) is 3.78. The third kappa shape index (κ3) is 2.09. The largest absolute Gasteiger partial charge is 0.467 e. The number of esters is 1. The van der Waals surface area contributed by atoms with E-state index in [1.165, 1.54) is 7.11 Å². The number of carbonyl (C=O) groups is 2. The molecule has 0 fully saturated rings. The van der Waals surface area contributed by atoms with Crippen molar-refractivity contribution in [3.8, 4) is 0 Å². The Labute approximate surface area is 118 Å². The molecule has 0 N–H and O–H groups in total. The fraction of sp³-hybridized carbons (Fsp3) is 0.400. The van der Waals surface area contributed by atoms with Crippen molar-refractivity contribution in [2.75, 3.05) is 7.11 Å². The predicted molar refractivity (Wildman–Crippen MR) is 75.6 cm³/mol. The zero-order valence-corrected chi connectivity index (χ0v) is 12.1. The van der Waals surface area contributed by atoms with Gasteiger partial charge >= 0.3 is 5.97 Å². The SMILES string of the molecule is COC(=O)[C@@]1(C)N=C(C)N(C(=O)c2ccccc2)[C@H]1C. The average Bonchev–Trinajstić information content (AvgIpc) is 2.69. The minimum absolute atomic E-state index is 0.160. The Morgan fingerprint density at radius 3 is 2.45 bits per heavy atom. The van der Waals surface area contributed by atoms with E-state index in [1.54, 1.807) is 49.9 Å². The molecule has 1 heterocycles. The zero-order valence-electron chi connectivity index (χ0n) is 12.1. The second kappa shape index (κ2) is 5.07. The first-order chi connectivity index (χ1) is 9.41. The smallest absolute Gasteiger partial charge is 0.335 e. The zero-order chi connectivity index (χ0) is 14.9. The molecule has 1 amide bonds. The molecule has 0 radical (unpaired) electrons. The molecular formula is C15H18N2O3. The molecule has 1 aliphatic heterocycles. The van der Waals surface area contributed by atoms with Crippen molar-refractivity contribution in [2.24, 2.45) is 4.99 Å². The summed E-state index contributed by atoms with van der Waals surface area (Å²) in [5.74, 6) is -0.0704. The van der Waals surface area contributed by atoms with E-state index in [0.717, 1.165) is 0 Å². The van der Waals surface area contributed by atoms with Gasteiger partial charge in [0.05, 0.1) is 13.2 Å². The summed E-state index contributed by atoms with van der Waals surface area (Å²) in [5.41, 5.74) is -0.480. The van der Waals surface area contributed by atoms with Gasteiger partial charge in [0.2, 0.25) is 0 Å². The van der Waals surface area contributed by atoms with Crippen molar-refractivity contribution < 1.29 is 14.3 Å². The number of carbonyl (C=O) groups excluding carboxylic acids is 2. The van der Waals surface area contributed by atoms with E-state index in [9.17, 15) is 9.59 Å². The summed E-state index contributed by atoms with van der Waals surface area (Å²) in [6.07, 6.45) is 0. The molecule has 0 aromatic heterocycles. The van der Waals surface area contributed by atoms with E-state index >= 15 is 0 Å². The molecule has 0 unspecified atom stereocenters. The summed E-state index contributed by atoms with van der Waals surface area (Å²) < 4.78 is 4.81. The molecule has 106 valence electrons. The van der Waals surface area contributed by atoms with Gasteiger partial charge in [-0.3, -0.25) is 14.7 Å². The van der Waals surface area contributed by atoms with Crippen molar-refractivity contribution in [2.45, 2.75) is 32.4 Å². The number of amides is 1. The van der Waals surface area contributed by atoms with Gasteiger partial charge in [-0.15, -0.1) is 0 Å². The lowest BCUT2D eigenvalue weighted by Crippen LogP contribution is -2.50. The maximum absolute atomic E-state index is 12.6. The Bertz CT molecular complexity index is 568. The molecule has 2 atom stereocenters. The highest BCUT2D eigenvalue weighted by Crippen LogP contribution is 2.30. The second-order valence-corrected chi connectivity index (χ2v) is 5.02. The fourth-order valence-corrected chi connectivity index (χ4v) is 2.48. The first-order valence-electron chi connectivity index (χ1n) is 6.45. The molecule has 0 bridgehead atoms. The molecular weight excluding hydrogens is 256 g/mol. The Hall–Kier alpha value is -2.17. The van der Waals surface area contributed by atoms with E-state index in [4.69, 9.17) is 4.74 Å². The first-order valence-corrected chi connectivity index (χ1v) is 6.45. The van der Waals surface area contributed by atoms with Crippen LogP contribution in [-0.4, -0.2) is 41.3 Å². The van der Waals surface area contributed by atoms with E-state index in [2.05, 4.69) is 4.99 Å². The van der Waals surface area contributed by atoms with E-state index in [0.29, 0.717) is 11.4 Å². The van der Waals surface area contributed by atoms with Gasteiger partial charge in [0.25, 0.3) is 5.91 Å². The standard InChI is InChI=1S/C15H18N2O3/c1-10-15(3,14(19)20-4)16-11(2)17(10)13(18)12-8-6-5-7-9-12/h5-10H,1-4H3/t10-,15-/m0/s1. The minimum atomic E-state index is -1.05. The normalized spacial score (nSPS) is 25.3. The topological polar surface area (TPSA) is 59.0 Å². The molecule has 5 heteroatoms. The number of ether oxygens (including phenoxy) is 1. The van der Waals surface area contributed by atoms with Gasteiger partial charge in [-0.25, -0.2) is 4.79 Å². The molecule has 20 heavy (non-hydrogen) atoms. The van der Waals surface area contributed by atoms with Gasteiger partial charge in [-0.2, -0.15) is 0 Å². The first kappa shape index (κ1) is 14.2. The number of hydrogen-bond donors (Lipinski definition) is 0. The fourth-order valence-electron chi connectivity index (χ4n) is 2.48. The highest BCUT2D eigenvalue weighted by atomic mass is 16.5. The molecule has 1 aromatic carbocycles. The quantitative estimate of drug-likeness (QED) is 0.774. The summed E-state index contributed by atoms with van der Waals surface area (Å²) >= 11 is 0. The van der Waals surface area contributed by atoms with Crippen LogP contribution in [0.2, 0.25) is 0 Å². The van der Waals surface area contributed by atoms with Crippen molar-refractivity contribution >= 4 is 17.7 Å². The number of nitrogens with zero attached hydrogens (tertiary/aromatic N) is 2. The van der Waals surface area contributed by atoms with Crippen LogP contribution in [0, 0.1) is 0 Å². The Morgan fingerprint density at radius 1 is 1.30 bits per heavy atom. The van der Waals surface area contributed by atoms with Crippen LogP contribution in [0.3, 0.4) is 0 Å². The molecule has 0 spiro atoms. The summed E-state index contributed by atoms with van der Waals surface area (Å²) in [6.45, 7) is 5.22. The number of rotatable bonds is 2. The Kier molecular flexibility index (Phi) is 3.61. The number of methoxy groups -OCH3 is 1. The lowest BCUT2D eigenvalue weighted by atomic mass is 9.94. The molecule has 1 aromatic rings. The lowest BCUT2D eigenvalue weighted by Gasteiger charge is -2.29. The van der Waals surface area contributed by atoms with Gasteiger partial charge in [-0.1, -0.05) is 18.2 Å². The summed E-state index contributed by atoms with van der Waals surface area (Å²) in [6, 6.07) is 8.57. The number of amidine groups is 1. The maximum Gasteiger partial charge on any atom is 0.335 e. The van der Waals surface area contributed by atoms with Crippen molar-refractivity contribution in [3.05, 3.63) is 35.9 Å². The van der Waals surface area contributed by atoms with E-state index < -0.39 is 11.5 Å². The molecule has 0 aliphatic carbocycles. The van der Waals surface area contributed by atoms with Crippen LogP contribution in [0.4, 0.5) is 0 Å². The summed E-state index contributed by atoms with van der Waals surface area (Å²) in [7, 11) is 1.33. The van der Waals surface area contributed by atoms with E-state index in [1.807, 2.05) is 6.07 Å². The summed E-state index contributed by atoms with van der Waals surface area (Å²) in [4.78, 5) is 30.4. The molecule has 0 saturated heterocycles. The predicted octanol–water partition coefficient (Wildman–Crippen LogP) is 1.88. The lowest BCUT2D eigenvalue weighted by molar-refractivity contribution is -0.147. The molecule has 0 saturated carbocycles. The van der Waals surface area contributed by atoms with Gasteiger partial charge < -0.3 is 4.74 Å². The molecule has 2 rings (SSSR count). The molecule has 5 nitrogen and oxygen atoms in total. The van der Waals surface area contributed by atoms with Crippen LogP contribution in [0.5, 0.6) is 0 Å². The highest BCUT2D eigenvalue weighted by Gasteiger charge is 2.50. The highest BCUT2D eigenvalue weighted by molar-refractivity contribution is 6.08. The third-order valence-corrected chi connectivity index (χ3v) is 3.78. The number of benzene rings is 1. The average molecular weight is 274 g/mol. The second-order valence-electron chi connectivity index (χ2n) is 5.02. The van der Waals surface area contributed by atoms with Crippen molar-refractivity contribution in [3.63, 3.8) is 0 Å². The van der Waals surface area contributed by atoms with Crippen LogP contribution in [-0.2, 0) is 9.53 Å². The van der Waals surface area contributed by atoms with Gasteiger partial charge in [0.15, 0.2) is 5.54 Å². The van der Waals surface area contributed by atoms with Gasteiger partial charge in [0, 0.05) is 5.56 Å². The Balaban J connectivity index is 2.34. The van der Waals surface area contributed by atoms with Crippen LogP contribution in [0.1, 0.15) is 31.1 Å². The Morgan fingerprint density at radius 2 is 1.90 bits per heavy atom. The monoisotopic (exact) mass is 274 g/mol. The molecule has 1 aliphatic rings. The number of aliphatic imine (C=N–C) groups is 1. The maximum atomic E-state index is 12.6. The van der Waals surface area contributed by atoms with Gasteiger partial charge in [-0.05, 0) is 32.9 Å². The van der Waals surface area contributed by atoms with Crippen molar-refractivity contribution in [1.29, 1.82) is 0 Å². The van der Waals surface area contributed by atoms with Gasteiger partial charge in [0.1, 0.15) is 5.84 Å². The summed E-state index contributed by atoms with van der Waals surface area (Å²) in [5, 5.41) is 0. The van der Waals surface area contributed by atoms with E-state index in [-0.39, 0.29) is 11.9 Å². The van der Waals surface area contributed by atoms with Crippen LogP contribution in [0.25, 0.3) is 0 Å². The minimum Gasteiger partial charge on any atom is -0.467 e. The van der Waals surface area contributed by atoms with Crippen LogP contribution < -0.4 is 0 Å². The van der Waals surface area contributed by atoms with Crippen LogP contribution in [0.15, 0.2) is 35.3 Å². The van der Waals surface area contributed by atoms with Crippen molar-refractivity contribution in [1.82, 2.24) is 4.90 Å².